The summed E-state index contributed by atoms with van der Waals surface area (Å²) in [6.07, 6.45) is -1.02. The van der Waals surface area contributed by atoms with Crippen molar-refractivity contribution in [1.29, 1.82) is 0 Å². The summed E-state index contributed by atoms with van der Waals surface area (Å²) < 4.78 is -0.884. The van der Waals surface area contributed by atoms with Crippen LogP contribution in [-0.2, 0) is 0 Å². The molecule has 2 aromatic rings. The van der Waals surface area contributed by atoms with E-state index in [9.17, 15) is 4.79 Å². The fourth-order valence-electron chi connectivity index (χ4n) is 1.86. The predicted octanol–water partition coefficient (Wildman–Crippen LogP) is 4.70. The largest absolute Gasteiger partial charge is 0.339 e. The minimum atomic E-state index is -1.81. The van der Waals surface area contributed by atoms with Gasteiger partial charge in [-0.25, -0.2) is 0 Å². The van der Waals surface area contributed by atoms with Crippen molar-refractivity contribution in [2.45, 2.75) is 9.96 Å². The van der Waals surface area contributed by atoms with Crippen molar-refractivity contribution < 1.29 is 4.79 Å². The van der Waals surface area contributed by atoms with Crippen molar-refractivity contribution in [3.63, 3.8) is 0 Å². The van der Waals surface area contributed by atoms with Gasteiger partial charge in [0.1, 0.15) is 6.17 Å². The lowest BCUT2D eigenvalue weighted by molar-refractivity contribution is 0.0934. The Morgan fingerprint density at radius 1 is 1.04 bits per heavy atom. The Morgan fingerprint density at radius 2 is 1.72 bits per heavy atom. The lowest BCUT2D eigenvalue weighted by atomic mass is 10.2. The monoisotopic (exact) mass is 527 g/mol. The first kappa shape index (κ1) is 20.5. The van der Waals surface area contributed by atoms with Crippen LogP contribution < -0.4 is 16.0 Å². The van der Waals surface area contributed by atoms with Crippen LogP contribution in [0, 0.1) is 3.57 Å². The third kappa shape index (κ3) is 6.79. The highest BCUT2D eigenvalue weighted by Gasteiger charge is 2.34. The van der Waals surface area contributed by atoms with E-state index in [1.54, 1.807) is 18.2 Å². The average Bonchev–Trinajstić information content (AvgIpc) is 2.54. The Bertz CT molecular complexity index is 756. The van der Waals surface area contributed by atoms with E-state index in [0.717, 1.165) is 9.26 Å². The zero-order valence-electron chi connectivity index (χ0n) is 12.6. The number of nitrogens with one attached hydrogen (secondary N) is 3. The molecular weight excluding hydrogens is 516 g/mol. The highest BCUT2D eigenvalue weighted by atomic mass is 127. The number of carbonyl (C=O) groups excluding carboxylic acids is 1. The third-order valence-electron chi connectivity index (χ3n) is 3.00. The van der Waals surface area contributed by atoms with Crippen LogP contribution in [-0.4, -0.2) is 21.0 Å². The van der Waals surface area contributed by atoms with Crippen molar-refractivity contribution in [2.24, 2.45) is 0 Å². The molecule has 3 N–H and O–H groups in total. The van der Waals surface area contributed by atoms with E-state index in [4.69, 9.17) is 47.0 Å². The molecule has 0 aliphatic carbocycles. The summed E-state index contributed by atoms with van der Waals surface area (Å²) >= 11 is 25.3. The Balaban J connectivity index is 2.06. The zero-order valence-corrected chi connectivity index (χ0v) is 17.8. The van der Waals surface area contributed by atoms with E-state index in [0.29, 0.717) is 5.56 Å². The van der Waals surface area contributed by atoms with Gasteiger partial charge in [0.05, 0.1) is 0 Å². The van der Waals surface area contributed by atoms with Gasteiger partial charge in [0.15, 0.2) is 5.11 Å². The number of rotatable bonds is 4. The number of thiocarbonyl (C=S) groups is 1. The number of halogens is 4. The molecule has 9 heteroatoms. The van der Waals surface area contributed by atoms with Gasteiger partial charge in [0.2, 0.25) is 3.79 Å². The van der Waals surface area contributed by atoms with E-state index in [1.165, 1.54) is 0 Å². The first-order valence-corrected chi connectivity index (χ1v) is 9.63. The Hall–Kier alpha value is -0.800. The molecule has 0 spiro atoms. The van der Waals surface area contributed by atoms with Gasteiger partial charge in [-0.1, -0.05) is 59.1 Å². The zero-order chi connectivity index (χ0) is 18.4. The summed E-state index contributed by atoms with van der Waals surface area (Å²) in [6.45, 7) is 0. The molecule has 0 saturated carbocycles. The van der Waals surface area contributed by atoms with Gasteiger partial charge in [-0.05, 0) is 65.1 Å². The van der Waals surface area contributed by atoms with Crippen LogP contribution in [0.15, 0.2) is 54.6 Å². The van der Waals surface area contributed by atoms with Crippen LogP contribution in [0.2, 0.25) is 0 Å². The van der Waals surface area contributed by atoms with Crippen molar-refractivity contribution in [3.05, 3.63) is 63.7 Å². The fourth-order valence-corrected chi connectivity index (χ4v) is 2.97. The minimum absolute atomic E-state index is 0.213. The number of anilines is 1. The molecule has 0 radical (unpaired) electrons. The van der Waals surface area contributed by atoms with Crippen molar-refractivity contribution in [2.75, 3.05) is 5.32 Å². The van der Waals surface area contributed by atoms with Crippen molar-refractivity contribution in [1.82, 2.24) is 10.6 Å². The lowest BCUT2D eigenvalue weighted by Crippen LogP contribution is -2.56. The van der Waals surface area contributed by atoms with Crippen LogP contribution >= 0.6 is 69.6 Å². The second-order valence-corrected chi connectivity index (χ2v) is 8.95. The summed E-state index contributed by atoms with van der Waals surface area (Å²) in [6, 6.07) is 16.3. The molecule has 0 aromatic heterocycles. The molecule has 0 saturated heterocycles. The summed E-state index contributed by atoms with van der Waals surface area (Å²) in [7, 11) is 0. The van der Waals surface area contributed by atoms with Crippen LogP contribution in [0.4, 0.5) is 5.69 Å². The van der Waals surface area contributed by atoms with Gasteiger partial charge >= 0.3 is 0 Å². The van der Waals surface area contributed by atoms with E-state index < -0.39 is 9.96 Å². The van der Waals surface area contributed by atoms with Gasteiger partial charge in [0.25, 0.3) is 5.91 Å². The smallest absolute Gasteiger partial charge is 0.253 e. The van der Waals surface area contributed by atoms with Crippen LogP contribution in [0.5, 0.6) is 0 Å². The van der Waals surface area contributed by atoms with Gasteiger partial charge in [-0.2, -0.15) is 0 Å². The van der Waals surface area contributed by atoms with Crippen molar-refractivity contribution >= 4 is 86.3 Å². The number of hydrogen-bond acceptors (Lipinski definition) is 2. The summed E-state index contributed by atoms with van der Waals surface area (Å²) in [5.41, 5.74) is 1.22. The maximum Gasteiger partial charge on any atom is 0.253 e. The molecule has 0 heterocycles. The molecule has 0 bridgehead atoms. The second kappa shape index (κ2) is 9.23. The molecule has 1 amide bonds. The summed E-state index contributed by atoms with van der Waals surface area (Å²) in [5.74, 6) is -0.384. The Morgan fingerprint density at radius 3 is 2.32 bits per heavy atom. The highest BCUT2D eigenvalue weighted by molar-refractivity contribution is 14.1. The maximum absolute atomic E-state index is 12.4. The first-order chi connectivity index (χ1) is 11.8. The minimum Gasteiger partial charge on any atom is -0.339 e. The average molecular weight is 529 g/mol. The van der Waals surface area contributed by atoms with Gasteiger partial charge in [0, 0.05) is 14.8 Å². The molecule has 1 atom stereocenters. The molecular formula is C16H13Cl3IN3OS. The van der Waals surface area contributed by atoms with Crippen LogP contribution in [0.3, 0.4) is 0 Å². The quantitative estimate of drug-likeness (QED) is 0.233. The van der Waals surface area contributed by atoms with E-state index >= 15 is 0 Å². The van der Waals surface area contributed by atoms with Gasteiger partial charge < -0.3 is 16.0 Å². The Labute approximate surface area is 179 Å². The third-order valence-corrected chi connectivity index (χ3v) is 4.54. The molecule has 0 aliphatic rings. The number of para-hydroxylation sites is 1. The van der Waals surface area contributed by atoms with Crippen LogP contribution in [0.1, 0.15) is 10.4 Å². The predicted molar refractivity (Wildman–Crippen MR) is 117 cm³/mol. The molecule has 2 aromatic carbocycles. The fraction of sp³-hybridized carbons (Fsp3) is 0.125. The molecule has 0 unspecified atom stereocenters. The molecule has 132 valence electrons. The van der Waals surface area contributed by atoms with E-state index in [2.05, 4.69) is 38.5 Å². The number of amides is 1. The van der Waals surface area contributed by atoms with E-state index in [1.807, 2.05) is 36.4 Å². The number of benzene rings is 2. The number of alkyl halides is 3. The normalized spacial score (nSPS) is 12.2. The van der Waals surface area contributed by atoms with Gasteiger partial charge in [-0.15, -0.1) is 0 Å². The number of carbonyl (C=O) groups is 1. The van der Waals surface area contributed by atoms with Crippen molar-refractivity contribution in [3.8, 4) is 0 Å². The molecule has 2 rings (SSSR count). The Kier molecular flexibility index (Phi) is 7.57. The standard InChI is InChI=1S/C16H13Cl3IN3OS/c17-16(18,19)14(22-13(24)10-5-4-6-11(20)9-10)23-15(25)21-12-7-2-1-3-8-12/h1-9,14H,(H,22,24)(H2,21,23,25)/t14-/m0/s1. The molecule has 0 fully saturated rings. The molecule has 4 nitrogen and oxygen atoms in total. The lowest BCUT2D eigenvalue weighted by Gasteiger charge is -2.27. The van der Waals surface area contributed by atoms with Gasteiger partial charge in [-0.3, -0.25) is 4.79 Å². The highest BCUT2D eigenvalue weighted by Crippen LogP contribution is 2.29. The first-order valence-electron chi connectivity index (χ1n) is 7.01. The van der Waals surface area contributed by atoms with E-state index in [-0.39, 0.29) is 11.0 Å². The van der Waals surface area contributed by atoms with Crippen LogP contribution in [0.25, 0.3) is 0 Å². The maximum atomic E-state index is 12.4. The summed E-state index contributed by atoms with van der Waals surface area (Å²) in [5, 5.41) is 8.62. The molecule has 0 aliphatic heterocycles. The number of hydrogen-bond donors (Lipinski definition) is 3. The summed E-state index contributed by atoms with van der Waals surface area (Å²) in [4.78, 5) is 12.4. The topological polar surface area (TPSA) is 53.2 Å². The molecule has 25 heavy (non-hydrogen) atoms. The SMILES string of the molecule is O=C(N[C@@H](NC(=S)Nc1ccccc1)C(Cl)(Cl)Cl)c1cccc(I)c1. The second-order valence-electron chi connectivity index (χ2n) is 4.92.